The summed E-state index contributed by atoms with van der Waals surface area (Å²) in [5.74, 6) is 0.545. The molecule has 2 aliphatic carbocycles. The van der Waals surface area contributed by atoms with Crippen molar-refractivity contribution in [3.8, 4) is 0 Å². The van der Waals surface area contributed by atoms with Gasteiger partial charge in [0.05, 0.1) is 5.25 Å². The van der Waals surface area contributed by atoms with E-state index >= 15 is 0 Å². The lowest BCUT2D eigenvalue weighted by atomic mass is 10.3. The van der Waals surface area contributed by atoms with Crippen molar-refractivity contribution >= 4 is 21.6 Å². The summed E-state index contributed by atoms with van der Waals surface area (Å²) in [6.07, 6.45) is 3.93. The third kappa shape index (κ3) is 2.58. The molecular weight excluding hydrogens is 210 g/mol. The first-order chi connectivity index (χ1) is 6.09. The molecule has 5 heteroatoms. The SMILES string of the molecule is O=S(=O)(NCC(Cl)C1CC1)C1CC1. The quantitative estimate of drug-likeness (QED) is 0.710. The van der Waals surface area contributed by atoms with E-state index in [0.29, 0.717) is 12.5 Å². The van der Waals surface area contributed by atoms with Crippen molar-refractivity contribution in [2.75, 3.05) is 6.54 Å². The van der Waals surface area contributed by atoms with Crippen LogP contribution in [0.3, 0.4) is 0 Å². The van der Waals surface area contributed by atoms with Crippen LogP contribution in [-0.4, -0.2) is 25.6 Å². The van der Waals surface area contributed by atoms with Crippen LogP contribution in [0, 0.1) is 5.92 Å². The van der Waals surface area contributed by atoms with Gasteiger partial charge < -0.3 is 0 Å². The van der Waals surface area contributed by atoms with Gasteiger partial charge in [-0.25, -0.2) is 13.1 Å². The topological polar surface area (TPSA) is 46.2 Å². The number of nitrogens with one attached hydrogen (secondary N) is 1. The van der Waals surface area contributed by atoms with Crippen LogP contribution >= 0.6 is 11.6 Å². The van der Waals surface area contributed by atoms with Crippen LogP contribution in [0.25, 0.3) is 0 Å². The van der Waals surface area contributed by atoms with Gasteiger partial charge in [-0.15, -0.1) is 11.6 Å². The third-order valence-corrected chi connectivity index (χ3v) is 5.01. The van der Waals surface area contributed by atoms with Crippen molar-refractivity contribution in [2.24, 2.45) is 5.92 Å². The molecule has 1 atom stereocenters. The van der Waals surface area contributed by atoms with Gasteiger partial charge in [-0.3, -0.25) is 0 Å². The van der Waals surface area contributed by atoms with E-state index in [4.69, 9.17) is 11.6 Å². The molecule has 2 fully saturated rings. The molecule has 2 rings (SSSR count). The van der Waals surface area contributed by atoms with E-state index in [2.05, 4.69) is 4.72 Å². The highest BCUT2D eigenvalue weighted by Crippen LogP contribution is 2.35. The van der Waals surface area contributed by atoms with Crippen molar-refractivity contribution in [3.05, 3.63) is 0 Å². The predicted molar refractivity (Wildman–Crippen MR) is 52.3 cm³/mol. The number of hydrogen-bond acceptors (Lipinski definition) is 2. The maximum Gasteiger partial charge on any atom is 0.214 e. The van der Waals surface area contributed by atoms with E-state index in [0.717, 1.165) is 25.7 Å². The molecule has 13 heavy (non-hydrogen) atoms. The second-order valence-electron chi connectivity index (χ2n) is 3.95. The number of hydrogen-bond donors (Lipinski definition) is 1. The Kier molecular flexibility index (Phi) is 2.55. The van der Waals surface area contributed by atoms with E-state index in [1.807, 2.05) is 0 Å². The van der Waals surface area contributed by atoms with Crippen LogP contribution in [0.5, 0.6) is 0 Å². The molecule has 3 nitrogen and oxygen atoms in total. The number of halogens is 1. The molecule has 0 spiro atoms. The molecule has 2 aliphatic rings. The fraction of sp³-hybridized carbons (Fsp3) is 1.00. The van der Waals surface area contributed by atoms with Gasteiger partial charge in [0.2, 0.25) is 10.0 Å². The van der Waals surface area contributed by atoms with Crippen molar-refractivity contribution in [2.45, 2.75) is 36.3 Å². The molecule has 0 aromatic carbocycles. The van der Waals surface area contributed by atoms with Crippen LogP contribution < -0.4 is 4.72 Å². The zero-order valence-corrected chi connectivity index (χ0v) is 8.94. The van der Waals surface area contributed by atoms with E-state index in [-0.39, 0.29) is 10.6 Å². The highest BCUT2D eigenvalue weighted by Gasteiger charge is 2.37. The van der Waals surface area contributed by atoms with Gasteiger partial charge in [-0.2, -0.15) is 0 Å². The Morgan fingerprint density at radius 3 is 2.38 bits per heavy atom. The number of rotatable bonds is 5. The summed E-state index contributed by atoms with van der Waals surface area (Å²) in [5, 5.41) is -0.135. The highest BCUT2D eigenvalue weighted by atomic mass is 35.5. The zero-order valence-electron chi connectivity index (χ0n) is 7.37. The molecule has 0 aromatic heterocycles. The minimum atomic E-state index is -3.02. The first kappa shape index (κ1) is 9.74. The van der Waals surface area contributed by atoms with Crippen molar-refractivity contribution < 1.29 is 8.42 Å². The van der Waals surface area contributed by atoms with Crippen molar-refractivity contribution in [1.82, 2.24) is 4.72 Å². The average Bonchev–Trinajstić information content (AvgIpc) is 2.89. The molecule has 2 saturated carbocycles. The monoisotopic (exact) mass is 223 g/mol. The van der Waals surface area contributed by atoms with Crippen LogP contribution in [0.4, 0.5) is 0 Å². The maximum absolute atomic E-state index is 11.4. The minimum absolute atomic E-state index is 0.00600. The number of alkyl halides is 1. The lowest BCUT2D eigenvalue weighted by Gasteiger charge is -2.09. The number of sulfonamides is 1. The largest absolute Gasteiger partial charge is 0.214 e. The summed E-state index contributed by atoms with van der Waals surface area (Å²) in [7, 11) is -3.02. The Morgan fingerprint density at radius 2 is 1.92 bits per heavy atom. The van der Waals surface area contributed by atoms with Gasteiger partial charge >= 0.3 is 0 Å². The summed E-state index contributed by atoms with van der Waals surface area (Å²) in [4.78, 5) is 0. The Hall–Kier alpha value is 0.200. The fourth-order valence-corrected chi connectivity index (χ4v) is 3.14. The molecule has 0 bridgehead atoms. The van der Waals surface area contributed by atoms with E-state index in [1.54, 1.807) is 0 Å². The molecule has 0 saturated heterocycles. The molecule has 0 aliphatic heterocycles. The van der Waals surface area contributed by atoms with Crippen LogP contribution in [0.15, 0.2) is 0 Å². The highest BCUT2D eigenvalue weighted by molar-refractivity contribution is 7.90. The minimum Gasteiger partial charge on any atom is -0.214 e. The lowest BCUT2D eigenvalue weighted by molar-refractivity contribution is 0.575. The molecule has 1 N–H and O–H groups in total. The van der Waals surface area contributed by atoms with Crippen molar-refractivity contribution in [3.63, 3.8) is 0 Å². The second kappa shape index (κ2) is 3.41. The maximum atomic E-state index is 11.4. The molecule has 1 unspecified atom stereocenters. The summed E-state index contributed by atoms with van der Waals surface area (Å²) >= 11 is 5.98. The lowest BCUT2D eigenvalue weighted by Crippen LogP contribution is -2.33. The second-order valence-corrected chi connectivity index (χ2v) is 6.55. The van der Waals surface area contributed by atoms with Gasteiger partial charge in [0, 0.05) is 11.9 Å². The van der Waals surface area contributed by atoms with Gasteiger partial charge in [-0.05, 0) is 31.6 Å². The molecule has 0 aromatic rings. The van der Waals surface area contributed by atoms with E-state index < -0.39 is 10.0 Å². The van der Waals surface area contributed by atoms with Crippen LogP contribution in [0.2, 0.25) is 0 Å². The first-order valence-electron chi connectivity index (χ1n) is 4.72. The standard InChI is InChI=1S/C8H14ClNO2S/c9-8(6-1-2-6)5-10-13(11,12)7-3-4-7/h6-8,10H,1-5H2. The summed E-state index contributed by atoms with van der Waals surface area (Å²) in [6, 6.07) is 0. The van der Waals surface area contributed by atoms with Crippen LogP contribution in [-0.2, 0) is 10.0 Å². The van der Waals surface area contributed by atoms with Gasteiger partial charge in [0.1, 0.15) is 0 Å². The first-order valence-corrected chi connectivity index (χ1v) is 6.70. The Labute approximate surface area is 83.9 Å². The zero-order chi connectivity index (χ0) is 9.47. The van der Waals surface area contributed by atoms with Gasteiger partial charge in [0.25, 0.3) is 0 Å². The molecule has 0 heterocycles. The molecule has 76 valence electrons. The third-order valence-electron chi connectivity index (χ3n) is 2.58. The summed E-state index contributed by atoms with van der Waals surface area (Å²) in [5.41, 5.74) is 0. The summed E-state index contributed by atoms with van der Waals surface area (Å²) < 4.78 is 25.3. The van der Waals surface area contributed by atoms with Gasteiger partial charge in [0.15, 0.2) is 0 Å². The fourth-order valence-electron chi connectivity index (χ4n) is 1.32. The molecule has 0 amide bonds. The predicted octanol–water partition coefficient (Wildman–Crippen LogP) is 1.09. The van der Waals surface area contributed by atoms with E-state index in [9.17, 15) is 8.42 Å². The Balaban J connectivity index is 1.77. The smallest absolute Gasteiger partial charge is 0.214 e. The average molecular weight is 224 g/mol. The summed E-state index contributed by atoms with van der Waals surface area (Å²) in [6.45, 7) is 0.408. The van der Waals surface area contributed by atoms with Crippen molar-refractivity contribution in [1.29, 1.82) is 0 Å². The molecule has 0 radical (unpaired) electrons. The normalized spacial score (nSPS) is 25.9. The Bertz CT molecular complexity index is 283. The Morgan fingerprint density at radius 1 is 1.31 bits per heavy atom. The molecular formula is C8H14ClNO2S. The van der Waals surface area contributed by atoms with Gasteiger partial charge in [-0.1, -0.05) is 0 Å². The van der Waals surface area contributed by atoms with Crippen LogP contribution in [0.1, 0.15) is 25.7 Å². The van der Waals surface area contributed by atoms with E-state index in [1.165, 1.54) is 0 Å².